The third-order valence-corrected chi connectivity index (χ3v) is 7.05. The van der Waals surface area contributed by atoms with Crippen molar-refractivity contribution in [1.29, 1.82) is 0 Å². The Morgan fingerprint density at radius 2 is 1.58 bits per heavy atom. The van der Waals surface area contributed by atoms with Gasteiger partial charge >= 0.3 is 0 Å². The van der Waals surface area contributed by atoms with Gasteiger partial charge in [0.1, 0.15) is 12.3 Å². The summed E-state index contributed by atoms with van der Waals surface area (Å²) in [4.78, 5) is 13.2. The molecule has 1 amide bonds. The van der Waals surface area contributed by atoms with Crippen molar-refractivity contribution in [3.05, 3.63) is 90.0 Å². The summed E-state index contributed by atoms with van der Waals surface area (Å²) in [6.07, 6.45) is 0.676. The topological polar surface area (TPSA) is 75.7 Å². The Kier molecular flexibility index (Phi) is 8.11. The Hall–Kier alpha value is -3.32. The van der Waals surface area contributed by atoms with Gasteiger partial charge in [0.2, 0.25) is 5.91 Å². The van der Waals surface area contributed by atoms with E-state index in [4.69, 9.17) is 4.74 Å². The van der Waals surface area contributed by atoms with Crippen molar-refractivity contribution in [3.63, 3.8) is 0 Å². The standard InChI is InChI=1S/C26H30N2O4S/c1-4-23(21-17-15-20(3)16-18-21)27-26(29)19-28(24-13-9-10-14-25(24)32-5-2)33(30,31)22-11-7-6-8-12-22/h6-18,23H,4-5,19H2,1-3H3,(H,27,29)/t23-/m0/s1. The molecular formula is C26H30N2O4S. The maximum absolute atomic E-state index is 13.6. The summed E-state index contributed by atoms with van der Waals surface area (Å²) >= 11 is 0. The Balaban J connectivity index is 1.95. The molecule has 174 valence electrons. The van der Waals surface area contributed by atoms with E-state index >= 15 is 0 Å². The number of hydrogen-bond donors (Lipinski definition) is 1. The number of ether oxygens (including phenoxy) is 1. The molecule has 0 saturated heterocycles. The van der Waals surface area contributed by atoms with Crippen LogP contribution in [-0.2, 0) is 14.8 Å². The second-order valence-electron chi connectivity index (χ2n) is 7.66. The lowest BCUT2D eigenvalue weighted by molar-refractivity contribution is -0.120. The van der Waals surface area contributed by atoms with Gasteiger partial charge in [-0.05, 0) is 50.1 Å². The monoisotopic (exact) mass is 466 g/mol. The van der Waals surface area contributed by atoms with Crippen LogP contribution in [0.3, 0.4) is 0 Å². The molecule has 0 unspecified atom stereocenters. The Morgan fingerprint density at radius 3 is 2.21 bits per heavy atom. The van der Waals surface area contributed by atoms with Crippen LogP contribution < -0.4 is 14.4 Å². The number of anilines is 1. The molecule has 33 heavy (non-hydrogen) atoms. The summed E-state index contributed by atoms with van der Waals surface area (Å²) in [5.74, 6) is 0.00566. The van der Waals surface area contributed by atoms with Gasteiger partial charge < -0.3 is 10.1 Å². The van der Waals surface area contributed by atoms with E-state index < -0.39 is 15.9 Å². The third-order valence-electron chi connectivity index (χ3n) is 5.28. The van der Waals surface area contributed by atoms with Gasteiger partial charge in [0.05, 0.1) is 23.2 Å². The van der Waals surface area contributed by atoms with E-state index in [9.17, 15) is 13.2 Å². The fraction of sp³-hybridized carbons (Fsp3) is 0.269. The minimum Gasteiger partial charge on any atom is -0.492 e. The molecule has 0 aliphatic rings. The molecule has 3 aromatic rings. The van der Waals surface area contributed by atoms with Gasteiger partial charge in [0.15, 0.2) is 0 Å². The molecule has 0 fully saturated rings. The third kappa shape index (κ3) is 5.93. The summed E-state index contributed by atoms with van der Waals surface area (Å²) in [6, 6.07) is 22.7. The first-order valence-electron chi connectivity index (χ1n) is 11.0. The maximum atomic E-state index is 13.6. The van der Waals surface area contributed by atoms with E-state index in [0.29, 0.717) is 24.5 Å². The highest BCUT2D eigenvalue weighted by Crippen LogP contribution is 2.32. The summed E-state index contributed by atoms with van der Waals surface area (Å²) < 4.78 is 33.9. The minimum absolute atomic E-state index is 0.106. The predicted octanol–water partition coefficient (Wildman–Crippen LogP) is 4.86. The average molecular weight is 467 g/mol. The lowest BCUT2D eigenvalue weighted by Crippen LogP contribution is -2.42. The quantitative estimate of drug-likeness (QED) is 0.463. The molecule has 0 heterocycles. The van der Waals surface area contributed by atoms with E-state index in [1.807, 2.05) is 45.0 Å². The average Bonchev–Trinajstić information content (AvgIpc) is 2.83. The van der Waals surface area contributed by atoms with Crippen LogP contribution in [0, 0.1) is 6.92 Å². The SMILES string of the molecule is CCOc1ccccc1N(CC(=O)N[C@@H](CC)c1ccc(C)cc1)S(=O)(=O)c1ccccc1. The van der Waals surface area contributed by atoms with E-state index in [-0.39, 0.29) is 17.5 Å². The van der Waals surface area contributed by atoms with E-state index in [1.165, 1.54) is 12.1 Å². The molecule has 0 aliphatic carbocycles. The van der Waals surface area contributed by atoms with Gasteiger partial charge in [-0.3, -0.25) is 9.10 Å². The molecule has 0 spiro atoms. The summed E-state index contributed by atoms with van der Waals surface area (Å²) in [5, 5.41) is 2.99. The minimum atomic E-state index is -4.01. The van der Waals surface area contributed by atoms with E-state index in [2.05, 4.69) is 5.32 Å². The van der Waals surface area contributed by atoms with Crippen molar-refractivity contribution < 1.29 is 17.9 Å². The molecule has 0 bridgehead atoms. The fourth-order valence-corrected chi connectivity index (χ4v) is 5.00. The first kappa shape index (κ1) is 24.3. The number of nitrogens with one attached hydrogen (secondary N) is 1. The van der Waals surface area contributed by atoms with Crippen molar-refractivity contribution in [3.8, 4) is 5.75 Å². The molecule has 0 saturated carbocycles. The first-order valence-corrected chi connectivity index (χ1v) is 12.5. The van der Waals surface area contributed by atoms with Gasteiger partial charge in [0.25, 0.3) is 10.0 Å². The summed E-state index contributed by atoms with van der Waals surface area (Å²) in [7, 11) is -4.01. The van der Waals surface area contributed by atoms with Gasteiger partial charge in [-0.2, -0.15) is 0 Å². The molecule has 3 rings (SSSR count). The lowest BCUT2D eigenvalue weighted by Gasteiger charge is -2.27. The number of benzene rings is 3. The van der Waals surface area contributed by atoms with Gasteiger partial charge in [0, 0.05) is 0 Å². The normalized spacial score (nSPS) is 12.1. The van der Waals surface area contributed by atoms with Crippen LogP contribution in [0.4, 0.5) is 5.69 Å². The Labute approximate surface area is 196 Å². The number of para-hydroxylation sites is 2. The molecule has 6 nitrogen and oxygen atoms in total. The van der Waals surface area contributed by atoms with Crippen LogP contribution in [-0.4, -0.2) is 27.5 Å². The second-order valence-corrected chi connectivity index (χ2v) is 9.53. The molecule has 0 radical (unpaired) electrons. The van der Waals surface area contributed by atoms with Crippen molar-refractivity contribution in [1.82, 2.24) is 5.32 Å². The molecule has 0 aromatic heterocycles. The number of hydrogen-bond acceptors (Lipinski definition) is 4. The predicted molar refractivity (Wildman–Crippen MR) is 131 cm³/mol. The number of nitrogens with zero attached hydrogens (tertiary/aromatic N) is 1. The largest absolute Gasteiger partial charge is 0.492 e. The van der Waals surface area contributed by atoms with Crippen molar-refractivity contribution >= 4 is 21.6 Å². The van der Waals surface area contributed by atoms with Crippen LogP contribution in [0.25, 0.3) is 0 Å². The van der Waals surface area contributed by atoms with Crippen LogP contribution in [0.5, 0.6) is 5.75 Å². The van der Waals surface area contributed by atoms with Gasteiger partial charge in [-0.15, -0.1) is 0 Å². The van der Waals surface area contributed by atoms with Crippen molar-refractivity contribution in [2.45, 2.75) is 38.1 Å². The number of amides is 1. The molecule has 0 aliphatic heterocycles. The number of carbonyl (C=O) groups excluding carboxylic acids is 1. The molecule has 1 N–H and O–H groups in total. The van der Waals surface area contributed by atoms with Crippen LogP contribution in [0.1, 0.15) is 37.4 Å². The molecule has 7 heteroatoms. The maximum Gasteiger partial charge on any atom is 0.264 e. The number of rotatable bonds is 10. The first-order chi connectivity index (χ1) is 15.9. The molecule has 1 atom stereocenters. The zero-order chi connectivity index (χ0) is 23.8. The highest BCUT2D eigenvalue weighted by molar-refractivity contribution is 7.92. The number of carbonyl (C=O) groups is 1. The Morgan fingerprint density at radius 1 is 0.939 bits per heavy atom. The molecule has 3 aromatic carbocycles. The van der Waals surface area contributed by atoms with Gasteiger partial charge in [-0.25, -0.2) is 8.42 Å². The lowest BCUT2D eigenvalue weighted by atomic mass is 10.0. The van der Waals surface area contributed by atoms with E-state index in [1.54, 1.807) is 42.5 Å². The summed E-state index contributed by atoms with van der Waals surface area (Å²) in [5.41, 5.74) is 2.43. The van der Waals surface area contributed by atoms with Crippen molar-refractivity contribution in [2.24, 2.45) is 0 Å². The Bertz CT molecular complexity index is 1160. The highest BCUT2D eigenvalue weighted by atomic mass is 32.2. The van der Waals surface area contributed by atoms with Crippen molar-refractivity contribution in [2.75, 3.05) is 17.5 Å². The van der Waals surface area contributed by atoms with Crippen LogP contribution >= 0.6 is 0 Å². The highest BCUT2D eigenvalue weighted by Gasteiger charge is 2.30. The number of sulfonamides is 1. The van der Waals surface area contributed by atoms with Crippen LogP contribution in [0.15, 0.2) is 83.8 Å². The zero-order valence-corrected chi connectivity index (χ0v) is 20.0. The summed E-state index contributed by atoms with van der Waals surface area (Å²) in [6.45, 7) is 5.81. The van der Waals surface area contributed by atoms with Crippen LogP contribution in [0.2, 0.25) is 0 Å². The zero-order valence-electron chi connectivity index (χ0n) is 19.2. The smallest absolute Gasteiger partial charge is 0.264 e. The van der Waals surface area contributed by atoms with Gasteiger partial charge in [-0.1, -0.05) is 67.1 Å². The second kappa shape index (κ2) is 11.0. The number of aryl methyl sites for hydroxylation is 1. The molecular weight excluding hydrogens is 436 g/mol. The fourth-order valence-electron chi connectivity index (χ4n) is 3.55. The van der Waals surface area contributed by atoms with E-state index in [0.717, 1.165) is 15.4 Å².